The van der Waals surface area contributed by atoms with Crippen LogP contribution in [0.4, 0.5) is 0 Å². The third-order valence-electron chi connectivity index (χ3n) is 3.12. The lowest BCUT2D eigenvalue weighted by atomic mass is 9.81. The zero-order valence-corrected chi connectivity index (χ0v) is 9.41. The standard InChI is InChI=1S/C11H22N2O2/c1-8(14)7-13-11(15)10-4-2-9(6-12)3-5-10/h8-10,14H,2-7,12H2,1H3,(H,13,15)/t8-,9?,10?/m0/s1. The lowest BCUT2D eigenvalue weighted by Crippen LogP contribution is -2.37. The van der Waals surface area contributed by atoms with Gasteiger partial charge >= 0.3 is 0 Å². The molecular weight excluding hydrogens is 192 g/mol. The highest BCUT2D eigenvalue weighted by Crippen LogP contribution is 2.27. The van der Waals surface area contributed by atoms with Crippen molar-refractivity contribution in [1.82, 2.24) is 5.32 Å². The fraction of sp³-hybridized carbons (Fsp3) is 0.909. The molecule has 0 saturated heterocycles. The summed E-state index contributed by atoms with van der Waals surface area (Å²) in [7, 11) is 0. The van der Waals surface area contributed by atoms with Gasteiger partial charge in [0.05, 0.1) is 6.10 Å². The lowest BCUT2D eigenvalue weighted by molar-refractivity contribution is -0.126. The van der Waals surface area contributed by atoms with Crippen LogP contribution in [0.1, 0.15) is 32.6 Å². The average Bonchev–Trinajstić information content (AvgIpc) is 2.26. The minimum atomic E-state index is -0.464. The van der Waals surface area contributed by atoms with Crippen LogP contribution in [0.5, 0.6) is 0 Å². The van der Waals surface area contributed by atoms with E-state index >= 15 is 0 Å². The maximum Gasteiger partial charge on any atom is 0.223 e. The van der Waals surface area contributed by atoms with E-state index in [4.69, 9.17) is 10.8 Å². The number of carbonyl (C=O) groups is 1. The van der Waals surface area contributed by atoms with Gasteiger partial charge in [0.25, 0.3) is 0 Å². The minimum absolute atomic E-state index is 0.0892. The highest BCUT2D eigenvalue weighted by molar-refractivity contribution is 5.78. The van der Waals surface area contributed by atoms with Crippen molar-refractivity contribution in [3.8, 4) is 0 Å². The Morgan fingerprint density at radius 3 is 2.53 bits per heavy atom. The predicted molar refractivity (Wildman–Crippen MR) is 59.2 cm³/mol. The maximum absolute atomic E-state index is 11.6. The second-order valence-electron chi connectivity index (χ2n) is 4.55. The Morgan fingerprint density at radius 2 is 2.07 bits per heavy atom. The molecular formula is C11H22N2O2. The molecule has 1 aliphatic rings. The second kappa shape index (κ2) is 6.08. The number of hydrogen-bond acceptors (Lipinski definition) is 3. The summed E-state index contributed by atoms with van der Waals surface area (Å²) < 4.78 is 0. The largest absolute Gasteiger partial charge is 0.392 e. The van der Waals surface area contributed by atoms with Crippen molar-refractivity contribution in [2.24, 2.45) is 17.6 Å². The molecule has 0 unspecified atom stereocenters. The molecule has 4 nitrogen and oxygen atoms in total. The van der Waals surface area contributed by atoms with Crippen molar-refractivity contribution >= 4 is 5.91 Å². The van der Waals surface area contributed by atoms with Gasteiger partial charge in [-0.1, -0.05) is 0 Å². The quantitative estimate of drug-likeness (QED) is 0.628. The van der Waals surface area contributed by atoms with Crippen LogP contribution in [0.3, 0.4) is 0 Å². The molecule has 0 radical (unpaired) electrons. The number of rotatable bonds is 4. The zero-order chi connectivity index (χ0) is 11.3. The Morgan fingerprint density at radius 1 is 1.47 bits per heavy atom. The maximum atomic E-state index is 11.6. The number of nitrogens with two attached hydrogens (primary N) is 1. The molecule has 0 heterocycles. The fourth-order valence-electron chi connectivity index (χ4n) is 2.05. The first-order valence-corrected chi connectivity index (χ1v) is 5.79. The van der Waals surface area contributed by atoms with Crippen LogP contribution in [0.2, 0.25) is 0 Å². The van der Waals surface area contributed by atoms with Gasteiger partial charge in [0.2, 0.25) is 5.91 Å². The molecule has 0 bridgehead atoms. The van der Waals surface area contributed by atoms with Crippen molar-refractivity contribution in [3.63, 3.8) is 0 Å². The van der Waals surface area contributed by atoms with Gasteiger partial charge in [0, 0.05) is 12.5 Å². The van der Waals surface area contributed by atoms with Crippen LogP contribution in [0.25, 0.3) is 0 Å². The number of aliphatic hydroxyl groups excluding tert-OH is 1. The molecule has 1 amide bonds. The van der Waals surface area contributed by atoms with Gasteiger partial charge in [-0.3, -0.25) is 4.79 Å². The van der Waals surface area contributed by atoms with Gasteiger partial charge in [-0.15, -0.1) is 0 Å². The van der Waals surface area contributed by atoms with Crippen LogP contribution >= 0.6 is 0 Å². The number of nitrogens with one attached hydrogen (secondary N) is 1. The molecule has 1 saturated carbocycles. The summed E-state index contributed by atoms with van der Waals surface area (Å²) in [6.07, 6.45) is 3.53. The van der Waals surface area contributed by atoms with E-state index in [2.05, 4.69) is 5.32 Å². The SMILES string of the molecule is C[C@H](O)CNC(=O)C1CCC(CN)CC1. The predicted octanol–water partition coefficient (Wildman–Crippen LogP) is 0.249. The first kappa shape index (κ1) is 12.5. The minimum Gasteiger partial charge on any atom is -0.392 e. The second-order valence-corrected chi connectivity index (χ2v) is 4.55. The third-order valence-corrected chi connectivity index (χ3v) is 3.12. The summed E-state index contributed by atoms with van der Waals surface area (Å²) in [5, 5.41) is 11.8. The van der Waals surface area contributed by atoms with Gasteiger partial charge < -0.3 is 16.2 Å². The normalized spacial score (nSPS) is 28.5. The van der Waals surface area contributed by atoms with E-state index in [-0.39, 0.29) is 11.8 Å². The van der Waals surface area contributed by atoms with Crippen LogP contribution < -0.4 is 11.1 Å². The average molecular weight is 214 g/mol. The van der Waals surface area contributed by atoms with E-state index in [0.717, 1.165) is 32.2 Å². The van der Waals surface area contributed by atoms with Gasteiger partial charge in [-0.05, 0) is 45.1 Å². The van der Waals surface area contributed by atoms with Gasteiger partial charge in [0.1, 0.15) is 0 Å². The first-order chi connectivity index (χ1) is 7.13. The summed E-state index contributed by atoms with van der Waals surface area (Å²) in [4.78, 5) is 11.6. The topological polar surface area (TPSA) is 75.3 Å². The Kier molecular flexibility index (Phi) is 5.05. The molecule has 4 N–H and O–H groups in total. The lowest BCUT2D eigenvalue weighted by Gasteiger charge is -2.26. The van der Waals surface area contributed by atoms with Crippen molar-refractivity contribution in [2.45, 2.75) is 38.7 Å². The number of aliphatic hydroxyl groups is 1. The molecule has 0 aliphatic heterocycles. The Balaban J connectivity index is 2.24. The van der Waals surface area contributed by atoms with Gasteiger partial charge in [-0.25, -0.2) is 0 Å². The first-order valence-electron chi connectivity index (χ1n) is 5.79. The van der Waals surface area contributed by atoms with E-state index in [9.17, 15) is 4.79 Å². The van der Waals surface area contributed by atoms with E-state index in [1.54, 1.807) is 6.92 Å². The third kappa shape index (κ3) is 4.18. The number of amides is 1. The summed E-state index contributed by atoms with van der Waals surface area (Å²) in [6, 6.07) is 0. The summed E-state index contributed by atoms with van der Waals surface area (Å²) >= 11 is 0. The molecule has 0 aromatic rings. The van der Waals surface area contributed by atoms with E-state index in [1.807, 2.05) is 0 Å². The molecule has 0 spiro atoms. The van der Waals surface area contributed by atoms with Crippen molar-refractivity contribution in [1.29, 1.82) is 0 Å². The molecule has 1 rings (SSSR count). The molecule has 1 aliphatic carbocycles. The van der Waals surface area contributed by atoms with E-state index in [0.29, 0.717) is 12.5 Å². The van der Waals surface area contributed by atoms with Crippen molar-refractivity contribution in [3.05, 3.63) is 0 Å². The monoisotopic (exact) mass is 214 g/mol. The summed E-state index contributed by atoms with van der Waals surface area (Å²) in [5.74, 6) is 0.823. The zero-order valence-electron chi connectivity index (χ0n) is 9.41. The Hall–Kier alpha value is -0.610. The van der Waals surface area contributed by atoms with Crippen molar-refractivity contribution < 1.29 is 9.90 Å². The van der Waals surface area contributed by atoms with Gasteiger partial charge in [-0.2, -0.15) is 0 Å². The highest BCUT2D eigenvalue weighted by Gasteiger charge is 2.25. The Labute approximate surface area is 91.2 Å². The fourth-order valence-corrected chi connectivity index (χ4v) is 2.05. The molecule has 1 fully saturated rings. The summed E-state index contributed by atoms with van der Waals surface area (Å²) in [6.45, 7) is 2.77. The van der Waals surface area contributed by atoms with Crippen molar-refractivity contribution in [2.75, 3.05) is 13.1 Å². The molecule has 15 heavy (non-hydrogen) atoms. The summed E-state index contributed by atoms with van der Waals surface area (Å²) in [5.41, 5.74) is 5.59. The molecule has 4 heteroatoms. The van der Waals surface area contributed by atoms with Crippen LogP contribution in [-0.4, -0.2) is 30.2 Å². The van der Waals surface area contributed by atoms with Crippen LogP contribution in [-0.2, 0) is 4.79 Å². The van der Waals surface area contributed by atoms with E-state index in [1.165, 1.54) is 0 Å². The van der Waals surface area contributed by atoms with Gasteiger partial charge in [0.15, 0.2) is 0 Å². The molecule has 0 aromatic heterocycles. The smallest absolute Gasteiger partial charge is 0.223 e. The Bertz CT molecular complexity index is 199. The highest BCUT2D eigenvalue weighted by atomic mass is 16.3. The number of hydrogen-bond donors (Lipinski definition) is 3. The van der Waals surface area contributed by atoms with Crippen LogP contribution in [0, 0.1) is 11.8 Å². The van der Waals surface area contributed by atoms with Crippen LogP contribution in [0.15, 0.2) is 0 Å². The molecule has 0 aromatic carbocycles. The molecule has 88 valence electrons. The van der Waals surface area contributed by atoms with E-state index < -0.39 is 6.10 Å². The molecule has 1 atom stereocenters. The number of carbonyl (C=O) groups excluding carboxylic acids is 1.